The monoisotopic (exact) mass is 400 g/mol. The first-order chi connectivity index (χ1) is 13.7. The van der Waals surface area contributed by atoms with Crippen molar-refractivity contribution in [2.24, 2.45) is 0 Å². The van der Waals surface area contributed by atoms with Gasteiger partial charge in [-0.1, -0.05) is 19.3 Å². The Balaban J connectivity index is 1.64. The number of ether oxygens (including phenoxy) is 1. The molecule has 1 saturated carbocycles. The van der Waals surface area contributed by atoms with Crippen LogP contribution in [0.2, 0.25) is 0 Å². The summed E-state index contributed by atoms with van der Waals surface area (Å²) in [5.74, 6) is 0.259. The van der Waals surface area contributed by atoms with Crippen LogP contribution in [0, 0.1) is 0 Å². The van der Waals surface area contributed by atoms with Gasteiger partial charge in [0.2, 0.25) is 0 Å². The zero-order valence-electron chi connectivity index (χ0n) is 15.8. The molecule has 3 aliphatic rings. The Labute approximate surface area is 166 Å². The van der Waals surface area contributed by atoms with Crippen LogP contribution in [0.3, 0.4) is 0 Å². The smallest absolute Gasteiger partial charge is 0.274 e. The maximum absolute atomic E-state index is 13.3. The number of pyridine rings is 1. The molecular formula is C20H24N4O3S. The van der Waals surface area contributed by atoms with E-state index >= 15 is 0 Å². The van der Waals surface area contributed by atoms with E-state index < -0.39 is 10.8 Å². The van der Waals surface area contributed by atoms with Crippen LogP contribution in [-0.4, -0.2) is 56.1 Å². The molecule has 2 aromatic rings. The molecule has 1 aliphatic carbocycles. The molecule has 0 spiro atoms. The summed E-state index contributed by atoms with van der Waals surface area (Å²) in [5, 5.41) is 4.85. The normalized spacial score (nSPS) is 22.6. The van der Waals surface area contributed by atoms with Crippen LogP contribution in [0.1, 0.15) is 54.2 Å². The van der Waals surface area contributed by atoms with E-state index in [1.807, 2.05) is 11.0 Å². The topological polar surface area (TPSA) is 77.3 Å². The zero-order chi connectivity index (χ0) is 19.1. The highest BCUT2D eigenvalue weighted by molar-refractivity contribution is 7.84. The molecule has 5 rings (SSSR count). The van der Waals surface area contributed by atoms with Crippen LogP contribution in [0.4, 0.5) is 0 Å². The van der Waals surface area contributed by atoms with Crippen molar-refractivity contribution < 1.29 is 13.7 Å². The maximum Gasteiger partial charge on any atom is 0.274 e. The molecule has 0 radical (unpaired) electrons. The van der Waals surface area contributed by atoms with E-state index in [0.717, 1.165) is 34.6 Å². The summed E-state index contributed by atoms with van der Waals surface area (Å²) in [6, 6.07) is 2.20. The van der Waals surface area contributed by atoms with Gasteiger partial charge < -0.3 is 9.64 Å². The van der Waals surface area contributed by atoms with Crippen molar-refractivity contribution in [3.8, 4) is 11.3 Å². The van der Waals surface area contributed by atoms with E-state index in [1.165, 1.54) is 19.3 Å². The molecular weight excluding hydrogens is 376 g/mol. The Morgan fingerprint density at radius 2 is 1.96 bits per heavy atom. The second-order valence-corrected chi connectivity index (χ2v) is 9.10. The standard InChI is InChI=1S/C20H24N4O3S/c25-20(23-8-10-27-11-9-23)18-16-13-28(26)17-12-21-7-6-15(17)19(16)24(22-18)14-4-2-1-3-5-14/h6-7,12,14H,1-5,8-11,13H2. The van der Waals surface area contributed by atoms with Gasteiger partial charge in [0.25, 0.3) is 5.91 Å². The Morgan fingerprint density at radius 3 is 2.75 bits per heavy atom. The average Bonchev–Trinajstić information content (AvgIpc) is 3.14. The lowest BCUT2D eigenvalue weighted by atomic mass is 9.95. The predicted molar refractivity (Wildman–Crippen MR) is 104 cm³/mol. The Morgan fingerprint density at radius 1 is 1.18 bits per heavy atom. The number of fused-ring (bicyclic) bond motifs is 3. The fraction of sp³-hybridized carbons (Fsp3) is 0.550. The summed E-state index contributed by atoms with van der Waals surface area (Å²) in [6.07, 6.45) is 9.18. The first-order valence-electron chi connectivity index (χ1n) is 10.0. The van der Waals surface area contributed by atoms with Gasteiger partial charge in [0.05, 0.1) is 46.4 Å². The first kappa shape index (κ1) is 18.0. The van der Waals surface area contributed by atoms with Gasteiger partial charge >= 0.3 is 0 Å². The quantitative estimate of drug-likeness (QED) is 0.774. The Bertz CT molecular complexity index is 930. The molecule has 28 heavy (non-hydrogen) atoms. The van der Waals surface area contributed by atoms with E-state index in [2.05, 4.69) is 9.67 Å². The summed E-state index contributed by atoms with van der Waals surface area (Å²) < 4.78 is 20.3. The number of aromatic nitrogens is 3. The van der Waals surface area contributed by atoms with Gasteiger partial charge in [-0.25, -0.2) is 0 Å². The molecule has 148 valence electrons. The maximum atomic E-state index is 13.3. The van der Waals surface area contributed by atoms with Crippen molar-refractivity contribution in [3.05, 3.63) is 29.7 Å². The van der Waals surface area contributed by atoms with Gasteiger partial charge in [-0.2, -0.15) is 5.10 Å². The highest BCUT2D eigenvalue weighted by atomic mass is 32.2. The number of nitrogens with zero attached hydrogens (tertiary/aromatic N) is 4. The van der Waals surface area contributed by atoms with Crippen LogP contribution in [-0.2, 0) is 21.3 Å². The van der Waals surface area contributed by atoms with Crippen LogP contribution >= 0.6 is 0 Å². The zero-order valence-corrected chi connectivity index (χ0v) is 16.6. The number of rotatable bonds is 2. The van der Waals surface area contributed by atoms with Crippen molar-refractivity contribution in [2.45, 2.75) is 48.8 Å². The third kappa shape index (κ3) is 2.99. The number of hydrogen-bond donors (Lipinski definition) is 0. The number of carbonyl (C=O) groups excluding carboxylic acids is 1. The van der Waals surface area contributed by atoms with E-state index in [0.29, 0.717) is 43.8 Å². The summed E-state index contributed by atoms with van der Waals surface area (Å²) in [6.45, 7) is 2.26. The van der Waals surface area contributed by atoms with Crippen molar-refractivity contribution in [1.82, 2.24) is 19.7 Å². The predicted octanol–water partition coefficient (Wildman–Crippen LogP) is 2.54. The molecule has 1 unspecified atom stereocenters. The first-order valence-corrected chi connectivity index (χ1v) is 11.4. The minimum atomic E-state index is -1.21. The van der Waals surface area contributed by atoms with Gasteiger partial charge in [0.15, 0.2) is 5.69 Å². The lowest BCUT2D eigenvalue weighted by Gasteiger charge is -2.26. The molecule has 2 aromatic heterocycles. The van der Waals surface area contributed by atoms with Gasteiger partial charge in [-0.3, -0.25) is 18.7 Å². The molecule has 1 saturated heterocycles. The summed E-state index contributed by atoms with van der Waals surface area (Å²) in [5.41, 5.74) is 3.19. The lowest BCUT2D eigenvalue weighted by molar-refractivity contribution is 0.0297. The van der Waals surface area contributed by atoms with Crippen LogP contribution in [0.15, 0.2) is 23.4 Å². The van der Waals surface area contributed by atoms with Crippen molar-refractivity contribution in [2.75, 3.05) is 26.3 Å². The molecule has 0 N–H and O–H groups in total. The average molecular weight is 401 g/mol. The van der Waals surface area contributed by atoms with Gasteiger partial charge in [-0.15, -0.1) is 0 Å². The molecule has 0 aromatic carbocycles. The van der Waals surface area contributed by atoms with Crippen LogP contribution < -0.4 is 0 Å². The summed E-state index contributed by atoms with van der Waals surface area (Å²) in [4.78, 5) is 20.0. The van der Waals surface area contributed by atoms with Gasteiger partial charge in [0.1, 0.15) is 0 Å². The molecule has 2 fully saturated rings. The van der Waals surface area contributed by atoms with Gasteiger partial charge in [-0.05, 0) is 18.9 Å². The second-order valence-electron chi connectivity index (χ2n) is 7.68. The fourth-order valence-corrected chi connectivity index (χ4v) is 5.81. The van der Waals surface area contributed by atoms with Crippen molar-refractivity contribution in [1.29, 1.82) is 0 Å². The minimum Gasteiger partial charge on any atom is -0.378 e. The molecule has 0 bridgehead atoms. The molecule has 7 nitrogen and oxygen atoms in total. The SMILES string of the molecule is O=C(c1nn(C2CCCCC2)c2c1CS(=O)c1cnccc1-2)N1CCOCC1. The lowest BCUT2D eigenvalue weighted by Crippen LogP contribution is -2.41. The summed E-state index contributed by atoms with van der Waals surface area (Å²) >= 11 is 0. The van der Waals surface area contributed by atoms with E-state index in [9.17, 15) is 9.00 Å². The largest absolute Gasteiger partial charge is 0.378 e. The fourth-order valence-electron chi connectivity index (χ4n) is 4.53. The number of amides is 1. The summed E-state index contributed by atoms with van der Waals surface area (Å²) in [7, 11) is -1.21. The molecule has 1 amide bonds. The number of carbonyl (C=O) groups is 1. The molecule has 1 atom stereocenters. The number of morpholine rings is 1. The highest BCUT2D eigenvalue weighted by Crippen LogP contribution is 2.41. The highest BCUT2D eigenvalue weighted by Gasteiger charge is 2.35. The van der Waals surface area contributed by atoms with Crippen LogP contribution in [0.25, 0.3) is 11.3 Å². The van der Waals surface area contributed by atoms with Gasteiger partial charge in [0, 0.05) is 36.6 Å². The molecule has 4 heterocycles. The van der Waals surface area contributed by atoms with Crippen molar-refractivity contribution in [3.63, 3.8) is 0 Å². The molecule has 2 aliphatic heterocycles. The number of hydrogen-bond acceptors (Lipinski definition) is 5. The van der Waals surface area contributed by atoms with E-state index in [1.54, 1.807) is 12.4 Å². The van der Waals surface area contributed by atoms with Crippen LogP contribution in [0.5, 0.6) is 0 Å². The third-order valence-corrected chi connectivity index (χ3v) is 7.36. The minimum absolute atomic E-state index is 0.0661. The molecule has 8 heteroatoms. The van der Waals surface area contributed by atoms with E-state index in [4.69, 9.17) is 9.84 Å². The Kier molecular flexibility index (Phi) is 4.76. The van der Waals surface area contributed by atoms with Crippen molar-refractivity contribution >= 4 is 16.7 Å². The third-order valence-electron chi connectivity index (χ3n) is 5.99. The second kappa shape index (κ2) is 7.40. The Hall–Kier alpha value is -2.06. The van der Waals surface area contributed by atoms with E-state index in [-0.39, 0.29) is 5.91 Å².